The third kappa shape index (κ3) is 5.07. The van der Waals surface area contributed by atoms with E-state index in [-0.39, 0.29) is 36.3 Å². The number of carbonyl (C=O) groups excluding carboxylic acids is 2. The molecule has 2 amide bonds. The van der Waals surface area contributed by atoms with Crippen LogP contribution in [0.4, 0.5) is 0 Å². The maximum Gasteiger partial charge on any atom is 0.306 e. The number of aliphatic carboxylic acids is 1. The molecule has 1 aliphatic carbocycles. The quantitative estimate of drug-likeness (QED) is 0.559. The fourth-order valence-electron chi connectivity index (χ4n) is 5.85. The van der Waals surface area contributed by atoms with E-state index in [0.717, 1.165) is 5.56 Å². The van der Waals surface area contributed by atoms with E-state index in [1.165, 1.54) is 0 Å². The number of para-hydroxylation sites is 1. The monoisotopic (exact) mass is 570 g/mol. The lowest BCUT2D eigenvalue weighted by molar-refractivity contribution is -0.154. The summed E-state index contributed by atoms with van der Waals surface area (Å²) in [6.45, 7) is 7.05. The minimum absolute atomic E-state index is 0.156. The maximum absolute atomic E-state index is 14.2. The highest BCUT2D eigenvalue weighted by Gasteiger charge is 2.50. The highest BCUT2D eigenvalue weighted by Crippen LogP contribution is 2.49. The molecule has 9 nitrogen and oxygen atoms in total. The average Bonchev–Trinajstić information content (AvgIpc) is 3.14. The molecule has 40 heavy (non-hydrogen) atoms. The SMILES string of the molecule is COc1ccccc1[C@@H]1C=C(Cl)C2=COC[C@@H](C(C)(C)C)N3C(=O)[C@@H](CC(=O)N4CCC(C(=O)O)CC4)OC1=C23. The van der Waals surface area contributed by atoms with E-state index in [1.807, 2.05) is 51.1 Å². The lowest BCUT2D eigenvalue weighted by Gasteiger charge is -2.46. The summed E-state index contributed by atoms with van der Waals surface area (Å²) in [5, 5.41) is 9.76. The molecular formula is C30H35ClN2O7. The van der Waals surface area contributed by atoms with Gasteiger partial charge in [0.05, 0.1) is 54.0 Å². The molecule has 0 unspecified atom stereocenters. The van der Waals surface area contributed by atoms with Gasteiger partial charge < -0.3 is 24.2 Å². The molecule has 1 aromatic rings. The Morgan fingerprint density at radius 3 is 2.52 bits per heavy atom. The number of ether oxygens (including phenoxy) is 3. The lowest BCUT2D eigenvalue weighted by atomic mass is 9.82. The molecule has 214 valence electrons. The van der Waals surface area contributed by atoms with Gasteiger partial charge in [-0.1, -0.05) is 50.6 Å². The molecule has 3 aliphatic heterocycles. The number of hydrogen-bond donors (Lipinski definition) is 1. The fourth-order valence-corrected chi connectivity index (χ4v) is 6.11. The van der Waals surface area contributed by atoms with Crippen molar-refractivity contribution in [2.24, 2.45) is 11.3 Å². The predicted molar refractivity (Wildman–Crippen MR) is 147 cm³/mol. The van der Waals surface area contributed by atoms with E-state index >= 15 is 0 Å². The van der Waals surface area contributed by atoms with E-state index in [9.17, 15) is 19.5 Å². The van der Waals surface area contributed by atoms with E-state index in [2.05, 4.69) is 0 Å². The van der Waals surface area contributed by atoms with Gasteiger partial charge in [-0.05, 0) is 30.4 Å². The van der Waals surface area contributed by atoms with Crippen LogP contribution in [-0.4, -0.2) is 71.6 Å². The zero-order chi connectivity index (χ0) is 28.8. The van der Waals surface area contributed by atoms with Gasteiger partial charge in [-0.25, -0.2) is 0 Å². The number of rotatable bonds is 5. The minimum atomic E-state index is -1.06. The van der Waals surface area contributed by atoms with Gasteiger partial charge in [0.25, 0.3) is 5.91 Å². The second-order valence-electron chi connectivity index (χ2n) is 11.7. The molecule has 0 radical (unpaired) electrons. The lowest BCUT2D eigenvalue weighted by Crippen LogP contribution is -2.56. The number of piperidine rings is 1. The Labute approximate surface area is 239 Å². The second kappa shape index (κ2) is 10.8. The first-order valence-corrected chi connectivity index (χ1v) is 14.0. The Morgan fingerprint density at radius 2 is 1.88 bits per heavy atom. The number of halogens is 1. The molecule has 1 aromatic carbocycles. The standard InChI is InChI=1S/C30H35ClN2O7/c1-30(2,3)24-16-39-15-20-21(31)13-19(18-7-5-6-8-22(18)38-4)27-26(20)33(24)28(35)23(40-27)14-25(34)32-11-9-17(10-12-32)29(36)37/h5-8,13,15,17,19,23-24H,9-12,14,16H2,1-4H3,(H,36,37)/t19-,23+,24-/m0/s1. The van der Waals surface area contributed by atoms with Crippen LogP contribution in [0.25, 0.3) is 0 Å². The zero-order valence-electron chi connectivity index (χ0n) is 23.2. The molecule has 5 rings (SSSR count). The van der Waals surface area contributed by atoms with E-state index in [0.29, 0.717) is 53.7 Å². The Morgan fingerprint density at radius 1 is 1.18 bits per heavy atom. The summed E-state index contributed by atoms with van der Waals surface area (Å²) in [6, 6.07) is 7.21. The van der Waals surface area contributed by atoms with Crippen LogP contribution in [0.2, 0.25) is 0 Å². The summed E-state index contributed by atoms with van der Waals surface area (Å²) in [7, 11) is 1.60. The first-order chi connectivity index (χ1) is 19.0. The summed E-state index contributed by atoms with van der Waals surface area (Å²) in [5.41, 5.74) is 1.56. The zero-order valence-corrected chi connectivity index (χ0v) is 23.9. The molecule has 0 saturated carbocycles. The highest BCUT2D eigenvalue weighted by molar-refractivity contribution is 6.32. The largest absolute Gasteiger partial charge is 0.498 e. The normalized spacial score (nSPS) is 25.2. The van der Waals surface area contributed by atoms with Crippen LogP contribution in [-0.2, 0) is 23.9 Å². The Balaban J connectivity index is 1.55. The molecule has 1 N–H and O–H groups in total. The van der Waals surface area contributed by atoms with Crippen LogP contribution in [0.3, 0.4) is 0 Å². The number of hydrogen-bond acceptors (Lipinski definition) is 6. The molecule has 10 heteroatoms. The van der Waals surface area contributed by atoms with Crippen LogP contribution >= 0.6 is 11.6 Å². The van der Waals surface area contributed by atoms with Crippen molar-refractivity contribution in [3.05, 3.63) is 64.2 Å². The summed E-state index contributed by atoms with van der Waals surface area (Å²) < 4.78 is 18.1. The number of methoxy groups -OCH3 is 1. The number of benzene rings is 1. The van der Waals surface area contributed by atoms with Crippen LogP contribution in [0.1, 0.15) is 51.5 Å². The van der Waals surface area contributed by atoms with Crippen molar-refractivity contribution in [3.63, 3.8) is 0 Å². The van der Waals surface area contributed by atoms with Crippen LogP contribution in [0.15, 0.2) is 58.7 Å². The number of carbonyl (C=O) groups is 3. The van der Waals surface area contributed by atoms with Crippen molar-refractivity contribution in [1.29, 1.82) is 0 Å². The number of nitrogens with zero attached hydrogens (tertiary/aromatic N) is 2. The third-order valence-electron chi connectivity index (χ3n) is 8.16. The van der Waals surface area contributed by atoms with Crippen molar-refractivity contribution < 1.29 is 33.7 Å². The number of carboxylic acids is 1. The molecule has 1 saturated heterocycles. The van der Waals surface area contributed by atoms with E-state index < -0.39 is 23.9 Å². The number of amides is 2. The predicted octanol–water partition coefficient (Wildman–Crippen LogP) is 4.40. The minimum Gasteiger partial charge on any atom is -0.498 e. The molecule has 0 aromatic heterocycles. The van der Waals surface area contributed by atoms with E-state index in [4.69, 9.17) is 25.8 Å². The maximum atomic E-state index is 14.2. The average molecular weight is 571 g/mol. The summed E-state index contributed by atoms with van der Waals surface area (Å²) >= 11 is 6.82. The second-order valence-corrected chi connectivity index (χ2v) is 12.1. The van der Waals surface area contributed by atoms with Gasteiger partial charge in [-0.3, -0.25) is 19.3 Å². The van der Waals surface area contributed by atoms with Crippen LogP contribution in [0, 0.1) is 11.3 Å². The first kappa shape index (κ1) is 28.1. The number of allylic oxidation sites excluding steroid dienone is 2. The molecule has 0 spiro atoms. The molecule has 0 bridgehead atoms. The van der Waals surface area contributed by atoms with Crippen molar-refractivity contribution in [3.8, 4) is 5.75 Å². The number of carboxylic acid groups (broad SMARTS) is 1. The van der Waals surface area contributed by atoms with Crippen molar-refractivity contribution in [1.82, 2.24) is 9.80 Å². The van der Waals surface area contributed by atoms with Crippen molar-refractivity contribution >= 4 is 29.4 Å². The van der Waals surface area contributed by atoms with Gasteiger partial charge in [-0.15, -0.1) is 0 Å². The van der Waals surface area contributed by atoms with Crippen molar-refractivity contribution in [2.75, 3.05) is 26.8 Å². The van der Waals surface area contributed by atoms with E-state index in [1.54, 1.807) is 23.2 Å². The fraction of sp³-hybridized carbons (Fsp3) is 0.500. The third-order valence-corrected chi connectivity index (χ3v) is 8.49. The molecule has 3 atom stereocenters. The number of likely N-dealkylation sites (tertiary alicyclic amines) is 1. The summed E-state index contributed by atoms with van der Waals surface area (Å²) in [4.78, 5) is 42.3. The summed E-state index contributed by atoms with van der Waals surface area (Å²) in [6.07, 6.45) is 3.00. The van der Waals surface area contributed by atoms with Crippen LogP contribution in [0.5, 0.6) is 5.75 Å². The van der Waals surface area contributed by atoms with Gasteiger partial charge in [0.2, 0.25) is 5.91 Å². The Kier molecular flexibility index (Phi) is 7.61. The smallest absolute Gasteiger partial charge is 0.306 e. The van der Waals surface area contributed by atoms with Gasteiger partial charge in [0.1, 0.15) is 18.1 Å². The van der Waals surface area contributed by atoms with Gasteiger partial charge >= 0.3 is 5.97 Å². The Bertz CT molecular complexity index is 1300. The Hall–Kier alpha value is -3.46. The van der Waals surface area contributed by atoms with Gasteiger partial charge in [0.15, 0.2) is 6.10 Å². The molecule has 3 heterocycles. The molecule has 1 fully saturated rings. The topological polar surface area (TPSA) is 106 Å². The van der Waals surface area contributed by atoms with Gasteiger partial charge in [0, 0.05) is 18.7 Å². The highest BCUT2D eigenvalue weighted by atomic mass is 35.5. The molecule has 4 aliphatic rings. The first-order valence-electron chi connectivity index (χ1n) is 13.6. The van der Waals surface area contributed by atoms with Crippen molar-refractivity contribution in [2.45, 2.75) is 58.1 Å². The summed E-state index contributed by atoms with van der Waals surface area (Å²) in [5.74, 6) is -1.17. The van der Waals surface area contributed by atoms with Crippen LogP contribution < -0.4 is 4.74 Å². The van der Waals surface area contributed by atoms with Gasteiger partial charge in [-0.2, -0.15) is 0 Å². The molecular weight excluding hydrogens is 536 g/mol.